The molecule has 0 aliphatic heterocycles. The van der Waals surface area contributed by atoms with Crippen LogP contribution in [-0.2, 0) is 0 Å². The van der Waals surface area contributed by atoms with Gasteiger partial charge in [0, 0.05) is 17.7 Å². The van der Waals surface area contributed by atoms with Gasteiger partial charge in [0.05, 0.1) is 4.92 Å². The Balaban J connectivity index is 2.19. The van der Waals surface area contributed by atoms with Crippen molar-refractivity contribution in [3.05, 3.63) is 80.9 Å². The molecule has 0 radical (unpaired) electrons. The number of ketones is 1. The van der Waals surface area contributed by atoms with Gasteiger partial charge in [-0.05, 0) is 43.2 Å². The fourth-order valence-corrected chi connectivity index (χ4v) is 1.95. The fourth-order valence-electron chi connectivity index (χ4n) is 1.95. The van der Waals surface area contributed by atoms with Crippen molar-refractivity contribution in [2.45, 2.75) is 13.8 Å². The molecule has 0 heterocycles. The first-order valence-corrected chi connectivity index (χ1v) is 6.51. The first-order chi connectivity index (χ1) is 9.97. The number of benzene rings is 2. The molecule has 0 aromatic heterocycles. The van der Waals surface area contributed by atoms with Crippen LogP contribution in [0.4, 0.5) is 5.69 Å². The third-order valence-electron chi connectivity index (χ3n) is 3.21. The lowest BCUT2D eigenvalue weighted by atomic mass is 10.0. The Kier molecular flexibility index (Phi) is 4.28. The second-order valence-electron chi connectivity index (χ2n) is 4.86. The van der Waals surface area contributed by atoms with E-state index < -0.39 is 4.92 Å². The number of aryl methyl sites for hydroxylation is 2. The van der Waals surface area contributed by atoms with Gasteiger partial charge in [0.2, 0.25) is 0 Å². The van der Waals surface area contributed by atoms with Gasteiger partial charge in [0.15, 0.2) is 5.78 Å². The highest BCUT2D eigenvalue weighted by Gasteiger charge is 2.07. The number of hydrogen-bond donors (Lipinski definition) is 0. The molecule has 0 spiro atoms. The van der Waals surface area contributed by atoms with Crippen molar-refractivity contribution in [2.75, 3.05) is 0 Å². The van der Waals surface area contributed by atoms with E-state index in [0.29, 0.717) is 5.56 Å². The van der Waals surface area contributed by atoms with Crippen LogP contribution in [0.3, 0.4) is 0 Å². The second kappa shape index (κ2) is 6.13. The van der Waals surface area contributed by atoms with Crippen LogP contribution in [0.2, 0.25) is 0 Å². The molecule has 0 saturated heterocycles. The summed E-state index contributed by atoms with van der Waals surface area (Å²) in [6, 6.07) is 11.6. The molecule has 4 nitrogen and oxygen atoms in total. The van der Waals surface area contributed by atoms with E-state index >= 15 is 0 Å². The van der Waals surface area contributed by atoms with Gasteiger partial charge >= 0.3 is 0 Å². The maximum absolute atomic E-state index is 12.0. The predicted octanol–water partition coefficient (Wildman–Crippen LogP) is 4.11. The van der Waals surface area contributed by atoms with Gasteiger partial charge in [-0.2, -0.15) is 0 Å². The Morgan fingerprint density at radius 1 is 1.10 bits per heavy atom. The Labute approximate surface area is 122 Å². The highest BCUT2D eigenvalue weighted by atomic mass is 16.6. The van der Waals surface area contributed by atoms with Crippen molar-refractivity contribution >= 4 is 17.5 Å². The van der Waals surface area contributed by atoms with E-state index in [2.05, 4.69) is 0 Å². The van der Waals surface area contributed by atoms with Crippen LogP contribution in [0, 0.1) is 24.0 Å². The molecule has 2 aromatic carbocycles. The van der Waals surface area contributed by atoms with Crippen molar-refractivity contribution < 1.29 is 9.72 Å². The average Bonchev–Trinajstić information content (AvgIpc) is 2.48. The average molecular weight is 281 g/mol. The maximum Gasteiger partial charge on any atom is 0.269 e. The number of non-ortho nitro benzene ring substituents is 1. The highest BCUT2D eigenvalue weighted by molar-refractivity contribution is 6.07. The zero-order valence-electron chi connectivity index (χ0n) is 11.9. The SMILES string of the molecule is Cc1ccc(C)c(/C=C/C(=O)c2ccc([N+](=O)[O-])cc2)c1. The number of allylic oxidation sites excluding steroid dienone is 1. The Hall–Kier alpha value is -2.75. The summed E-state index contributed by atoms with van der Waals surface area (Å²) < 4.78 is 0. The van der Waals surface area contributed by atoms with Gasteiger partial charge in [-0.3, -0.25) is 14.9 Å². The first kappa shape index (κ1) is 14.7. The summed E-state index contributed by atoms with van der Waals surface area (Å²) >= 11 is 0. The minimum Gasteiger partial charge on any atom is -0.289 e. The van der Waals surface area contributed by atoms with Crippen molar-refractivity contribution in [3.8, 4) is 0 Å². The third kappa shape index (κ3) is 3.63. The standard InChI is InChI=1S/C17H15NO3/c1-12-3-4-13(2)15(11-12)7-10-17(19)14-5-8-16(9-6-14)18(20)21/h3-11H,1-2H3/b10-7+. The summed E-state index contributed by atoms with van der Waals surface area (Å²) in [5.74, 6) is -0.175. The molecule has 0 amide bonds. The van der Waals surface area contributed by atoms with Gasteiger partial charge in [-0.15, -0.1) is 0 Å². The molecule has 106 valence electrons. The van der Waals surface area contributed by atoms with E-state index in [1.807, 2.05) is 32.0 Å². The summed E-state index contributed by atoms with van der Waals surface area (Å²) in [7, 11) is 0. The van der Waals surface area contributed by atoms with E-state index in [0.717, 1.165) is 16.7 Å². The predicted molar refractivity (Wildman–Crippen MR) is 82.4 cm³/mol. The van der Waals surface area contributed by atoms with Crippen LogP contribution in [0.25, 0.3) is 6.08 Å². The Bertz CT molecular complexity index is 715. The van der Waals surface area contributed by atoms with E-state index in [9.17, 15) is 14.9 Å². The molecule has 21 heavy (non-hydrogen) atoms. The number of nitrogens with zero attached hydrogens (tertiary/aromatic N) is 1. The molecule has 4 heteroatoms. The molecule has 2 rings (SSSR count). The molecular formula is C17H15NO3. The Morgan fingerprint density at radius 3 is 2.38 bits per heavy atom. The van der Waals surface area contributed by atoms with Gasteiger partial charge in [0.25, 0.3) is 5.69 Å². The minimum absolute atomic E-state index is 0.0231. The van der Waals surface area contributed by atoms with E-state index in [-0.39, 0.29) is 11.5 Å². The summed E-state index contributed by atoms with van der Waals surface area (Å²) in [5, 5.41) is 10.6. The summed E-state index contributed by atoms with van der Waals surface area (Å²) in [6.07, 6.45) is 3.26. The molecule has 0 atom stereocenters. The largest absolute Gasteiger partial charge is 0.289 e. The molecule has 0 unspecified atom stereocenters. The zero-order chi connectivity index (χ0) is 15.4. The van der Waals surface area contributed by atoms with Crippen molar-refractivity contribution in [1.29, 1.82) is 0 Å². The Morgan fingerprint density at radius 2 is 1.76 bits per heavy atom. The van der Waals surface area contributed by atoms with Gasteiger partial charge < -0.3 is 0 Å². The lowest BCUT2D eigenvalue weighted by Gasteiger charge is -2.01. The third-order valence-corrected chi connectivity index (χ3v) is 3.21. The van der Waals surface area contributed by atoms with Gasteiger partial charge in [0.1, 0.15) is 0 Å². The topological polar surface area (TPSA) is 60.2 Å². The fraction of sp³-hybridized carbons (Fsp3) is 0.118. The molecule has 0 bridgehead atoms. The van der Waals surface area contributed by atoms with E-state index in [1.165, 1.54) is 30.3 Å². The van der Waals surface area contributed by atoms with E-state index in [4.69, 9.17) is 0 Å². The smallest absolute Gasteiger partial charge is 0.269 e. The number of hydrogen-bond acceptors (Lipinski definition) is 3. The molecule has 0 N–H and O–H groups in total. The number of carbonyl (C=O) groups excluding carboxylic acids is 1. The molecular weight excluding hydrogens is 266 g/mol. The maximum atomic E-state index is 12.0. The molecule has 0 fully saturated rings. The highest BCUT2D eigenvalue weighted by Crippen LogP contribution is 2.15. The second-order valence-corrected chi connectivity index (χ2v) is 4.86. The van der Waals surface area contributed by atoms with Gasteiger partial charge in [-0.25, -0.2) is 0 Å². The number of nitro groups is 1. The first-order valence-electron chi connectivity index (χ1n) is 6.51. The van der Waals surface area contributed by atoms with Crippen LogP contribution < -0.4 is 0 Å². The monoisotopic (exact) mass is 281 g/mol. The van der Waals surface area contributed by atoms with Crippen molar-refractivity contribution in [3.63, 3.8) is 0 Å². The van der Waals surface area contributed by atoms with Crippen LogP contribution >= 0.6 is 0 Å². The zero-order valence-corrected chi connectivity index (χ0v) is 11.9. The summed E-state index contributed by atoms with van der Waals surface area (Å²) in [6.45, 7) is 3.98. The summed E-state index contributed by atoms with van der Waals surface area (Å²) in [4.78, 5) is 22.1. The molecule has 0 aliphatic carbocycles. The number of carbonyl (C=O) groups is 1. The van der Waals surface area contributed by atoms with Crippen LogP contribution in [0.5, 0.6) is 0 Å². The van der Waals surface area contributed by atoms with Crippen molar-refractivity contribution in [2.24, 2.45) is 0 Å². The lowest BCUT2D eigenvalue weighted by molar-refractivity contribution is -0.384. The number of nitro benzene ring substituents is 1. The quantitative estimate of drug-likeness (QED) is 0.367. The number of rotatable bonds is 4. The summed E-state index contributed by atoms with van der Waals surface area (Å²) in [5.41, 5.74) is 3.62. The minimum atomic E-state index is -0.486. The lowest BCUT2D eigenvalue weighted by Crippen LogP contribution is -1.95. The van der Waals surface area contributed by atoms with Crippen molar-refractivity contribution in [1.82, 2.24) is 0 Å². The van der Waals surface area contributed by atoms with Crippen LogP contribution in [0.15, 0.2) is 48.5 Å². The van der Waals surface area contributed by atoms with E-state index in [1.54, 1.807) is 6.08 Å². The van der Waals surface area contributed by atoms with Gasteiger partial charge in [-0.1, -0.05) is 29.8 Å². The van der Waals surface area contributed by atoms with Crippen LogP contribution in [-0.4, -0.2) is 10.7 Å². The normalized spacial score (nSPS) is 10.8. The molecule has 0 saturated carbocycles. The molecule has 0 aliphatic rings. The van der Waals surface area contributed by atoms with Crippen LogP contribution in [0.1, 0.15) is 27.0 Å². The molecule has 2 aromatic rings.